The van der Waals surface area contributed by atoms with E-state index in [1.54, 1.807) is 37.3 Å². The molecular formula is C25H29N5O4S. The first-order valence-electron chi connectivity index (χ1n) is 11.3. The van der Waals surface area contributed by atoms with E-state index in [4.69, 9.17) is 4.74 Å². The van der Waals surface area contributed by atoms with Gasteiger partial charge in [0, 0.05) is 17.8 Å². The van der Waals surface area contributed by atoms with Crippen molar-refractivity contribution >= 4 is 35.2 Å². The molecule has 0 radical (unpaired) electrons. The van der Waals surface area contributed by atoms with Crippen molar-refractivity contribution < 1.29 is 19.1 Å². The number of benzene rings is 2. The van der Waals surface area contributed by atoms with Crippen LogP contribution >= 0.6 is 11.8 Å². The minimum absolute atomic E-state index is 0.127. The molecule has 184 valence electrons. The molecule has 35 heavy (non-hydrogen) atoms. The van der Waals surface area contributed by atoms with E-state index in [0.717, 1.165) is 5.56 Å². The Morgan fingerprint density at radius 2 is 1.77 bits per heavy atom. The zero-order valence-electron chi connectivity index (χ0n) is 20.2. The SMILES string of the molecule is CCOC(=O)c1ccc(NC(=O)CSc2nnc(C(C)NC(=O)c3ccccc3C)n2CC)cc1. The Labute approximate surface area is 208 Å². The van der Waals surface area contributed by atoms with Gasteiger partial charge >= 0.3 is 5.97 Å². The van der Waals surface area contributed by atoms with Gasteiger partial charge in [0.15, 0.2) is 11.0 Å². The number of hydrogen-bond acceptors (Lipinski definition) is 7. The number of aromatic nitrogens is 3. The molecule has 0 aliphatic heterocycles. The van der Waals surface area contributed by atoms with Crippen molar-refractivity contribution in [2.24, 2.45) is 0 Å². The van der Waals surface area contributed by atoms with E-state index >= 15 is 0 Å². The summed E-state index contributed by atoms with van der Waals surface area (Å²) in [5.41, 5.74) is 2.51. The van der Waals surface area contributed by atoms with Crippen LogP contribution in [0.15, 0.2) is 53.7 Å². The summed E-state index contributed by atoms with van der Waals surface area (Å²) in [4.78, 5) is 36.9. The highest BCUT2D eigenvalue weighted by Gasteiger charge is 2.21. The summed E-state index contributed by atoms with van der Waals surface area (Å²) in [6.07, 6.45) is 0. The number of ether oxygens (including phenoxy) is 1. The molecule has 1 atom stereocenters. The van der Waals surface area contributed by atoms with Gasteiger partial charge in [0.05, 0.1) is 24.0 Å². The van der Waals surface area contributed by atoms with Crippen molar-refractivity contribution in [3.8, 4) is 0 Å². The van der Waals surface area contributed by atoms with Gasteiger partial charge in [0.2, 0.25) is 5.91 Å². The molecule has 3 aromatic rings. The molecule has 0 spiro atoms. The molecule has 0 aliphatic rings. The number of carbonyl (C=O) groups excluding carboxylic acids is 3. The van der Waals surface area contributed by atoms with Crippen molar-refractivity contribution in [2.45, 2.75) is 45.4 Å². The van der Waals surface area contributed by atoms with Crippen molar-refractivity contribution in [1.82, 2.24) is 20.1 Å². The Hall–Kier alpha value is -3.66. The Bertz CT molecular complexity index is 1190. The van der Waals surface area contributed by atoms with Crippen LogP contribution in [0, 0.1) is 6.92 Å². The third-order valence-electron chi connectivity index (χ3n) is 5.20. The number of carbonyl (C=O) groups is 3. The number of aryl methyl sites for hydroxylation is 1. The molecule has 1 heterocycles. The van der Waals surface area contributed by atoms with Gasteiger partial charge in [-0.2, -0.15) is 0 Å². The summed E-state index contributed by atoms with van der Waals surface area (Å²) in [7, 11) is 0. The van der Waals surface area contributed by atoms with E-state index in [-0.39, 0.29) is 23.6 Å². The first-order chi connectivity index (χ1) is 16.8. The summed E-state index contributed by atoms with van der Waals surface area (Å²) in [5.74, 6) is -0.0514. The fraction of sp³-hybridized carbons (Fsp3) is 0.320. The molecule has 9 nitrogen and oxygen atoms in total. The standard InChI is InChI=1S/C25H29N5O4S/c1-5-30-22(17(4)26-23(32)20-10-8-7-9-16(20)3)28-29-25(30)35-15-21(31)27-19-13-11-18(12-14-19)24(33)34-6-2/h7-14,17H,5-6,15H2,1-4H3,(H,26,32)(H,27,31). The summed E-state index contributed by atoms with van der Waals surface area (Å²) in [6, 6.07) is 13.5. The summed E-state index contributed by atoms with van der Waals surface area (Å²) < 4.78 is 6.84. The lowest BCUT2D eigenvalue weighted by molar-refractivity contribution is -0.113. The summed E-state index contributed by atoms with van der Waals surface area (Å²) >= 11 is 1.26. The van der Waals surface area contributed by atoms with Gasteiger partial charge in [-0.3, -0.25) is 9.59 Å². The van der Waals surface area contributed by atoms with E-state index < -0.39 is 5.97 Å². The van der Waals surface area contributed by atoms with Crippen molar-refractivity contribution in [3.63, 3.8) is 0 Å². The topological polar surface area (TPSA) is 115 Å². The normalized spacial score (nSPS) is 11.5. The number of amides is 2. The molecular weight excluding hydrogens is 466 g/mol. The number of nitrogens with zero attached hydrogens (tertiary/aromatic N) is 3. The minimum Gasteiger partial charge on any atom is -0.462 e. The average Bonchev–Trinajstić information content (AvgIpc) is 3.26. The lowest BCUT2D eigenvalue weighted by Gasteiger charge is -2.16. The highest BCUT2D eigenvalue weighted by molar-refractivity contribution is 7.99. The molecule has 0 saturated heterocycles. The molecule has 3 rings (SSSR count). The fourth-order valence-corrected chi connectivity index (χ4v) is 4.23. The van der Waals surface area contributed by atoms with Crippen LogP contribution in [0.3, 0.4) is 0 Å². The summed E-state index contributed by atoms with van der Waals surface area (Å²) in [5, 5.41) is 14.9. The van der Waals surface area contributed by atoms with E-state index in [9.17, 15) is 14.4 Å². The van der Waals surface area contributed by atoms with Crippen molar-refractivity contribution in [1.29, 1.82) is 0 Å². The minimum atomic E-state index is -0.403. The van der Waals surface area contributed by atoms with Gasteiger partial charge in [0.25, 0.3) is 5.91 Å². The lowest BCUT2D eigenvalue weighted by atomic mass is 10.1. The van der Waals surface area contributed by atoms with Crippen LogP contribution in [0.4, 0.5) is 5.69 Å². The number of nitrogens with one attached hydrogen (secondary N) is 2. The fourth-order valence-electron chi connectivity index (χ4n) is 3.42. The molecule has 0 fully saturated rings. The van der Waals surface area contributed by atoms with Gasteiger partial charge in [-0.25, -0.2) is 4.79 Å². The van der Waals surface area contributed by atoms with Gasteiger partial charge in [-0.1, -0.05) is 30.0 Å². The van der Waals surface area contributed by atoms with Gasteiger partial charge in [0.1, 0.15) is 0 Å². The van der Waals surface area contributed by atoms with E-state index in [2.05, 4.69) is 20.8 Å². The smallest absolute Gasteiger partial charge is 0.338 e. The van der Waals surface area contributed by atoms with Crippen LogP contribution < -0.4 is 10.6 Å². The van der Waals surface area contributed by atoms with Crippen LogP contribution in [-0.2, 0) is 16.1 Å². The van der Waals surface area contributed by atoms with E-state index in [1.165, 1.54) is 11.8 Å². The first kappa shape index (κ1) is 26.0. The van der Waals surface area contributed by atoms with Crippen molar-refractivity contribution in [3.05, 3.63) is 71.0 Å². The Morgan fingerprint density at radius 1 is 1.06 bits per heavy atom. The maximum atomic E-state index is 12.7. The number of esters is 1. The third-order valence-corrected chi connectivity index (χ3v) is 6.17. The zero-order chi connectivity index (χ0) is 25.4. The Balaban J connectivity index is 1.59. The second kappa shape index (κ2) is 12.2. The maximum Gasteiger partial charge on any atom is 0.338 e. The van der Waals surface area contributed by atoms with Crippen LogP contribution in [0.1, 0.15) is 58.9 Å². The highest BCUT2D eigenvalue weighted by atomic mass is 32.2. The maximum absolute atomic E-state index is 12.7. The molecule has 0 bridgehead atoms. The summed E-state index contributed by atoms with van der Waals surface area (Å²) in [6.45, 7) is 8.34. The number of hydrogen-bond donors (Lipinski definition) is 2. The second-order valence-electron chi connectivity index (χ2n) is 7.73. The number of anilines is 1. The highest BCUT2D eigenvalue weighted by Crippen LogP contribution is 2.22. The predicted octanol–water partition coefficient (Wildman–Crippen LogP) is 4.00. The Kier molecular flexibility index (Phi) is 9.02. The third kappa shape index (κ3) is 6.69. The van der Waals surface area contributed by atoms with Gasteiger partial charge in [-0.15, -0.1) is 10.2 Å². The zero-order valence-corrected chi connectivity index (χ0v) is 21.0. The molecule has 2 aromatic carbocycles. The Morgan fingerprint density at radius 3 is 2.43 bits per heavy atom. The molecule has 0 saturated carbocycles. The van der Waals surface area contributed by atoms with Gasteiger partial charge in [-0.05, 0) is 63.6 Å². The molecule has 1 unspecified atom stereocenters. The average molecular weight is 496 g/mol. The molecule has 10 heteroatoms. The van der Waals surface area contributed by atoms with E-state index in [1.807, 2.05) is 43.5 Å². The van der Waals surface area contributed by atoms with E-state index in [0.29, 0.717) is 40.9 Å². The molecule has 1 aromatic heterocycles. The molecule has 2 N–H and O–H groups in total. The molecule has 0 aliphatic carbocycles. The predicted molar refractivity (Wildman–Crippen MR) is 135 cm³/mol. The second-order valence-corrected chi connectivity index (χ2v) is 8.67. The van der Waals surface area contributed by atoms with Crippen LogP contribution in [0.5, 0.6) is 0 Å². The quantitative estimate of drug-likeness (QED) is 0.323. The van der Waals surface area contributed by atoms with Gasteiger partial charge < -0.3 is 19.9 Å². The van der Waals surface area contributed by atoms with Crippen LogP contribution in [0.25, 0.3) is 0 Å². The number of rotatable bonds is 10. The first-order valence-corrected chi connectivity index (χ1v) is 12.3. The lowest BCUT2D eigenvalue weighted by Crippen LogP contribution is -2.29. The van der Waals surface area contributed by atoms with Crippen molar-refractivity contribution in [2.75, 3.05) is 17.7 Å². The molecule has 2 amide bonds. The number of thioether (sulfide) groups is 1. The van der Waals surface area contributed by atoms with Crippen LogP contribution in [-0.4, -0.2) is 44.9 Å². The monoisotopic (exact) mass is 495 g/mol. The van der Waals surface area contributed by atoms with Crippen LogP contribution in [0.2, 0.25) is 0 Å². The largest absolute Gasteiger partial charge is 0.462 e.